The third kappa shape index (κ3) is 2.97. The Balaban J connectivity index is 1.95. The maximum absolute atomic E-state index is 13.5. The first-order valence-corrected chi connectivity index (χ1v) is 9.04. The third-order valence-electron chi connectivity index (χ3n) is 5.12. The number of nitrogens with zero attached hydrogens (tertiary/aromatic N) is 3. The average molecular weight is 345 g/mol. The molecule has 4 nitrogen and oxygen atoms in total. The number of aromatic nitrogens is 2. The molecule has 1 aliphatic rings. The molecule has 0 N–H and O–H groups in total. The molecule has 0 aliphatic carbocycles. The van der Waals surface area contributed by atoms with Gasteiger partial charge in [-0.05, 0) is 25.1 Å². The second-order valence-corrected chi connectivity index (χ2v) is 6.97. The van der Waals surface area contributed by atoms with Gasteiger partial charge in [-0.3, -0.25) is 9.36 Å². The lowest BCUT2D eigenvalue weighted by atomic mass is 9.97. The van der Waals surface area contributed by atoms with E-state index in [1.165, 1.54) is 0 Å². The first-order valence-electron chi connectivity index (χ1n) is 9.04. The van der Waals surface area contributed by atoms with Gasteiger partial charge in [-0.2, -0.15) is 0 Å². The van der Waals surface area contributed by atoms with Gasteiger partial charge in [0.2, 0.25) is 0 Å². The molecule has 0 saturated carbocycles. The van der Waals surface area contributed by atoms with E-state index in [-0.39, 0.29) is 11.6 Å². The van der Waals surface area contributed by atoms with Crippen LogP contribution in [0.1, 0.15) is 34.3 Å². The SMILES string of the molecule is Cc1nc2c(c(=O)n1C(c1ccccc1)c1ccccc1)CN(C)CC2. The van der Waals surface area contributed by atoms with Gasteiger partial charge in [0.1, 0.15) is 5.82 Å². The number of hydrogen-bond acceptors (Lipinski definition) is 3. The largest absolute Gasteiger partial charge is 0.301 e. The second-order valence-electron chi connectivity index (χ2n) is 6.97. The molecule has 0 radical (unpaired) electrons. The van der Waals surface area contributed by atoms with Gasteiger partial charge in [0.15, 0.2) is 0 Å². The van der Waals surface area contributed by atoms with E-state index in [9.17, 15) is 4.79 Å². The molecule has 132 valence electrons. The van der Waals surface area contributed by atoms with E-state index in [0.717, 1.165) is 41.2 Å². The highest BCUT2D eigenvalue weighted by atomic mass is 16.1. The van der Waals surface area contributed by atoms with Crippen molar-refractivity contribution in [2.45, 2.75) is 25.9 Å². The summed E-state index contributed by atoms with van der Waals surface area (Å²) < 4.78 is 1.86. The third-order valence-corrected chi connectivity index (χ3v) is 5.12. The van der Waals surface area contributed by atoms with Crippen LogP contribution in [-0.2, 0) is 13.0 Å². The van der Waals surface area contributed by atoms with Gasteiger partial charge in [0.25, 0.3) is 5.56 Å². The zero-order valence-corrected chi connectivity index (χ0v) is 15.2. The van der Waals surface area contributed by atoms with Gasteiger partial charge in [-0.15, -0.1) is 0 Å². The summed E-state index contributed by atoms with van der Waals surface area (Å²) in [5.74, 6) is 0.774. The summed E-state index contributed by atoms with van der Waals surface area (Å²) in [7, 11) is 2.05. The van der Waals surface area contributed by atoms with E-state index in [4.69, 9.17) is 4.98 Å². The summed E-state index contributed by atoms with van der Waals surface area (Å²) in [5.41, 5.74) is 4.06. The van der Waals surface area contributed by atoms with E-state index in [1.807, 2.05) is 47.9 Å². The highest BCUT2D eigenvalue weighted by molar-refractivity contribution is 5.34. The molecule has 0 unspecified atom stereocenters. The van der Waals surface area contributed by atoms with Crippen LogP contribution in [0.4, 0.5) is 0 Å². The molecule has 4 heteroatoms. The van der Waals surface area contributed by atoms with Gasteiger partial charge in [0, 0.05) is 19.5 Å². The second kappa shape index (κ2) is 6.89. The summed E-state index contributed by atoms with van der Waals surface area (Å²) in [6, 6.07) is 20.2. The molecule has 2 aromatic carbocycles. The lowest BCUT2D eigenvalue weighted by Gasteiger charge is -2.28. The van der Waals surface area contributed by atoms with Gasteiger partial charge >= 0.3 is 0 Å². The number of aryl methyl sites for hydroxylation is 1. The predicted molar refractivity (Wildman–Crippen MR) is 103 cm³/mol. The van der Waals surface area contributed by atoms with Crippen LogP contribution < -0.4 is 5.56 Å². The van der Waals surface area contributed by atoms with Crippen molar-refractivity contribution in [3.63, 3.8) is 0 Å². The Morgan fingerprint density at radius 2 is 1.54 bits per heavy atom. The summed E-state index contributed by atoms with van der Waals surface area (Å²) >= 11 is 0. The molecule has 3 aromatic rings. The fourth-order valence-corrected chi connectivity index (χ4v) is 3.81. The molecule has 1 aliphatic heterocycles. The summed E-state index contributed by atoms with van der Waals surface area (Å²) in [6.07, 6.45) is 0.837. The summed E-state index contributed by atoms with van der Waals surface area (Å²) in [5, 5.41) is 0. The molecule has 0 fully saturated rings. The highest BCUT2D eigenvalue weighted by Gasteiger charge is 2.25. The van der Waals surface area contributed by atoms with Crippen molar-refractivity contribution >= 4 is 0 Å². The van der Waals surface area contributed by atoms with Gasteiger partial charge in [-0.1, -0.05) is 60.7 Å². The lowest BCUT2D eigenvalue weighted by Crippen LogP contribution is -2.39. The van der Waals surface area contributed by atoms with E-state index in [2.05, 4.69) is 36.2 Å². The van der Waals surface area contributed by atoms with E-state index in [0.29, 0.717) is 6.54 Å². The number of hydrogen-bond donors (Lipinski definition) is 0. The number of fused-ring (bicyclic) bond motifs is 1. The van der Waals surface area contributed by atoms with Crippen LogP contribution in [0.3, 0.4) is 0 Å². The molecule has 0 spiro atoms. The zero-order valence-electron chi connectivity index (χ0n) is 15.2. The van der Waals surface area contributed by atoms with Crippen LogP contribution >= 0.6 is 0 Å². The van der Waals surface area contributed by atoms with Crippen molar-refractivity contribution in [2.75, 3.05) is 13.6 Å². The van der Waals surface area contributed by atoms with Gasteiger partial charge in [0.05, 0.1) is 17.3 Å². The van der Waals surface area contributed by atoms with Crippen LogP contribution in [0.15, 0.2) is 65.5 Å². The first kappa shape index (κ1) is 16.7. The standard InChI is InChI=1S/C22H23N3O/c1-16-23-20-13-14-24(2)15-19(20)22(26)25(16)21(17-9-5-3-6-10-17)18-11-7-4-8-12-18/h3-12,21H,13-15H2,1-2H3. The van der Waals surface area contributed by atoms with Gasteiger partial charge in [-0.25, -0.2) is 4.98 Å². The van der Waals surface area contributed by atoms with Crippen LogP contribution in [0.5, 0.6) is 0 Å². The van der Waals surface area contributed by atoms with Gasteiger partial charge < -0.3 is 4.90 Å². The topological polar surface area (TPSA) is 38.1 Å². The summed E-state index contributed by atoms with van der Waals surface area (Å²) in [6.45, 7) is 3.56. The Hall–Kier alpha value is -2.72. The minimum absolute atomic E-state index is 0.0803. The van der Waals surface area contributed by atoms with E-state index >= 15 is 0 Å². The summed E-state index contributed by atoms with van der Waals surface area (Å²) in [4.78, 5) is 20.5. The molecule has 0 amide bonds. The molecule has 26 heavy (non-hydrogen) atoms. The fourth-order valence-electron chi connectivity index (χ4n) is 3.81. The van der Waals surface area contributed by atoms with E-state index < -0.39 is 0 Å². The normalized spacial score (nSPS) is 14.4. The Labute approximate surface area is 153 Å². The quantitative estimate of drug-likeness (QED) is 0.732. The van der Waals surface area contributed by atoms with Crippen molar-refractivity contribution < 1.29 is 0 Å². The van der Waals surface area contributed by atoms with E-state index in [1.54, 1.807) is 0 Å². The smallest absolute Gasteiger partial charge is 0.259 e. The Morgan fingerprint density at radius 3 is 2.12 bits per heavy atom. The first-order chi connectivity index (χ1) is 12.6. The highest BCUT2D eigenvalue weighted by Crippen LogP contribution is 2.27. The molecular formula is C22H23N3O. The minimum atomic E-state index is -0.171. The maximum Gasteiger partial charge on any atom is 0.259 e. The molecule has 1 aromatic heterocycles. The molecule has 0 bridgehead atoms. The fraction of sp³-hybridized carbons (Fsp3) is 0.273. The van der Waals surface area contributed by atoms with Crippen LogP contribution in [0, 0.1) is 6.92 Å². The zero-order chi connectivity index (χ0) is 18.1. The molecule has 0 saturated heterocycles. The Bertz CT molecular complexity index is 924. The monoisotopic (exact) mass is 345 g/mol. The number of benzene rings is 2. The van der Waals surface area contributed by atoms with Crippen LogP contribution in [0.2, 0.25) is 0 Å². The van der Waals surface area contributed by atoms with Crippen LogP contribution in [-0.4, -0.2) is 28.0 Å². The predicted octanol–water partition coefficient (Wildman–Crippen LogP) is 3.18. The van der Waals surface area contributed by atoms with Crippen molar-refractivity contribution in [1.82, 2.24) is 14.5 Å². The lowest BCUT2D eigenvalue weighted by molar-refractivity contribution is 0.304. The number of likely N-dealkylation sites (N-methyl/N-ethyl adjacent to an activating group) is 1. The van der Waals surface area contributed by atoms with Crippen molar-refractivity contribution in [3.8, 4) is 0 Å². The molecule has 0 atom stereocenters. The Kier molecular flexibility index (Phi) is 4.43. The van der Waals surface area contributed by atoms with Crippen LogP contribution in [0.25, 0.3) is 0 Å². The molecular weight excluding hydrogens is 322 g/mol. The van der Waals surface area contributed by atoms with Crippen molar-refractivity contribution in [2.24, 2.45) is 0 Å². The van der Waals surface area contributed by atoms with Crippen molar-refractivity contribution in [1.29, 1.82) is 0 Å². The molecule has 4 rings (SSSR count). The Morgan fingerprint density at radius 1 is 0.962 bits per heavy atom. The maximum atomic E-state index is 13.5. The number of rotatable bonds is 3. The minimum Gasteiger partial charge on any atom is -0.301 e. The van der Waals surface area contributed by atoms with Crippen molar-refractivity contribution in [3.05, 3.63) is 99.2 Å². The molecule has 2 heterocycles. The average Bonchev–Trinajstić information content (AvgIpc) is 2.67.